The lowest BCUT2D eigenvalue weighted by Crippen LogP contribution is -2.17. The highest BCUT2D eigenvalue weighted by Crippen LogP contribution is 1.89. The van der Waals surface area contributed by atoms with E-state index in [9.17, 15) is 9.59 Å². The molecule has 76 valence electrons. The van der Waals surface area contributed by atoms with Crippen molar-refractivity contribution in [2.45, 2.75) is 12.8 Å². The minimum Gasteiger partial charge on any atom is -0.481 e. The summed E-state index contributed by atoms with van der Waals surface area (Å²) in [7, 11) is 0. The maximum Gasteiger partial charge on any atom is 0.303 e. The molecule has 0 saturated carbocycles. The van der Waals surface area contributed by atoms with Gasteiger partial charge in [0, 0.05) is 19.2 Å². The van der Waals surface area contributed by atoms with Crippen molar-refractivity contribution in [3.8, 4) is 6.07 Å². The highest BCUT2D eigenvalue weighted by Gasteiger charge is 2.01. The second-order valence-electron chi connectivity index (χ2n) is 2.49. The van der Waals surface area contributed by atoms with Crippen molar-refractivity contribution >= 4 is 11.9 Å². The molecule has 0 atom stereocenters. The Labute approximate surface area is 81.0 Å². The number of nitrogens with two attached hydrogens (primary N) is 1. The van der Waals surface area contributed by atoms with Crippen LogP contribution in [0.4, 0.5) is 0 Å². The average molecular weight is 197 g/mol. The minimum absolute atomic E-state index is 0.0410. The summed E-state index contributed by atoms with van der Waals surface area (Å²) < 4.78 is 0. The Hall–Kier alpha value is -2.03. The number of rotatable bonds is 6. The number of carboxylic acids is 1. The van der Waals surface area contributed by atoms with E-state index in [-0.39, 0.29) is 12.0 Å². The summed E-state index contributed by atoms with van der Waals surface area (Å²) in [6.45, 7) is 0.380. The summed E-state index contributed by atoms with van der Waals surface area (Å²) in [5.74, 6) is -1.69. The molecule has 0 aliphatic rings. The van der Waals surface area contributed by atoms with Crippen LogP contribution in [-0.4, -0.2) is 23.5 Å². The molecule has 14 heavy (non-hydrogen) atoms. The fourth-order valence-corrected chi connectivity index (χ4v) is 0.674. The van der Waals surface area contributed by atoms with Crippen molar-refractivity contribution < 1.29 is 14.7 Å². The second kappa shape index (κ2) is 6.48. The lowest BCUT2D eigenvalue weighted by atomic mass is 10.3. The highest BCUT2D eigenvalue weighted by atomic mass is 16.4. The van der Waals surface area contributed by atoms with Crippen LogP contribution in [0.5, 0.6) is 0 Å². The summed E-state index contributed by atoms with van der Waals surface area (Å²) in [6, 6.07) is 1.61. The zero-order chi connectivity index (χ0) is 11.0. The molecule has 6 nitrogen and oxygen atoms in total. The van der Waals surface area contributed by atoms with Crippen LogP contribution >= 0.6 is 0 Å². The molecule has 0 aromatic carbocycles. The Morgan fingerprint density at radius 2 is 2.21 bits per heavy atom. The van der Waals surface area contributed by atoms with Crippen LogP contribution in [0.25, 0.3) is 0 Å². The number of nitrogens with one attached hydrogen (secondary N) is 1. The van der Waals surface area contributed by atoms with Crippen LogP contribution in [0.1, 0.15) is 12.8 Å². The van der Waals surface area contributed by atoms with Crippen LogP contribution < -0.4 is 11.1 Å². The number of hydrogen-bond donors (Lipinski definition) is 3. The van der Waals surface area contributed by atoms with E-state index in [4.69, 9.17) is 16.1 Å². The van der Waals surface area contributed by atoms with Gasteiger partial charge < -0.3 is 16.2 Å². The largest absolute Gasteiger partial charge is 0.481 e. The molecule has 0 spiro atoms. The minimum atomic E-state index is -0.883. The molecular formula is C8H11N3O3. The van der Waals surface area contributed by atoms with Crippen molar-refractivity contribution in [3.63, 3.8) is 0 Å². The van der Waals surface area contributed by atoms with Crippen LogP contribution in [-0.2, 0) is 9.59 Å². The van der Waals surface area contributed by atoms with Crippen LogP contribution in [0.2, 0.25) is 0 Å². The van der Waals surface area contributed by atoms with E-state index in [0.717, 1.165) is 0 Å². The SMILES string of the molecule is N#CC(=CNCCCC(=O)O)C(N)=O. The smallest absolute Gasteiger partial charge is 0.303 e. The molecule has 6 heteroatoms. The van der Waals surface area contributed by atoms with Crippen LogP contribution in [0.3, 0.4) is 0 Å². The number of amides is 1. The third-order valence-electron chi connectivity index (χ3n) is 1.34. The molecule has 0 aliphatic carbocycles. The monoisotopic (exact) mass is 197 g/mol. The summed E-state index contributed by atoms with van der Waals surface area (Å²) in [5, 5.41) is 19.3. The number of aliphatic carboxylic acids is 1. The fourth-order valence-electron chi connectivity index (χ4n) is 0.674. The van der Waals surface area contributed by atoms with E-state index in [1.807, 2.05) is 0 Å². The molecule has 0 aromatic heterocycles. The van der Waals surface area contributed by atoms with Gasteiger partial charge in [-0.2, -0.15) is 5.26 Å². The third-order valence-corrected chi connectivity index (χ3v) is 1.34. The summed E-state index contributed by atoms with van der Waals surface area (Å²) in [5.41, 5.74) is 4.67. The lowest BCUT2D eigenvalue weighted by molar-refractivity contribution is -0.137. The Bertz CT molecular complexity index is 291. The van der Waals surface area contributed by atoms with E-state index < -0.39 is 11.9 Å². The number of hydrogen-bond acceptors (Lipinski definition) is 4. The Morgan fingerprint density at radius 1 is 1.57 bits per heavy atom. The fraction of sp³-hybridized carbons (Fsp3) is 0.375. The molecular weight excluding hydrogens is 186 g/mol. The zero-order valence-corrected chi connectivity index (χ0v) is 7.49. The quantitative estimate of drug-likeness (QED) is 0.297. The molecule has 0 radical (unpaired) electrons. The third kappa shape index (κ3) is 5.60. The molecule has 0 heterocycles. The molecule has 0 fully saturated rings. The van der Waals surface area contributed by atoms with Crippen LogP contribution in [0.15, 0.2) is 11.8 Å². The van der Waals surface area contributed by atoms with Gasteiger partial charge in [0.15, 0.2) is 0 Å². The predicted octanol–water partition coefficient (Wildman–Crippen LogP) is -0.666. The summed E-state index contributed by atoms with van der Waals surface area (Å²) in [6.07, 6.45) is 1.65. The van der Waals surface area contributed by atoms with Crippen molar-refractivity contribution in [3.05, 3.63) is 11.8 Å². The number of carboxylic acid groups (broad SMARTS) is 1. The van der Waals surface area contributed by atoms with E-state index in [0.29, 0.717) is 13.0 Å². The van der Waals surface area contributed by atoms with E-state index in [2.05, 4.69) is 5.32 Å². The summed E-state index contributed by atoms with van der Waals surface area (Å²) in [4.78, 5) is 20.6. The van der Waals surface area contributed by atoms with E-state index in [1.54, 1.807) is 6.07 Å². The molecule has 4 N–H and O–H groups in total. The van der Waals surface area contributed by atoms with Gasteiger partial charge >= 0.3 is 5.97 Å². The molecule has 0 aliphatic heterocycles. The van der Waals surface area contributed by atoms with Gasteiger partial charge in [-0.1, -0.05) is 0 Å². The van der Waals surface area contributed by atoms with Crippen molar-refractivity contribution in [1.82, 2.24) is 5.32 Å². The van der Waals surface area contributed by atoms with Crippen LogP contribution in [0, 0.1) is 11.3 Å². The normalized spacial score (nSPS) is 10.4. The van der Waals surface area contributed by atoms with Gasteiger partial charge in [0.1, 0.15) is 11.6 Å². The first-order valence-corrected chi connectivity index (χ1v) is 3.93. The molecule has 0 saturated heterocycles. The lowest BCUT2D eigenvalue weighted by Gasteiger charge is -1.98. The number of carbonyl (C=O) groups is 2. The molecule has 1 amide bonds. The van der Waals surface area contributed by atoms with E-state index in [1.165, 1.54) is 6.20 Å². The topological polar surface area (TPSA) is 116 Å². The van der Waals surface area contributed by atoms with Crippen molar-refractivity contribution in [2.24, 2.45) is 5.73 Å². The Morgan fingerprint density at radius 3 is 2.64 bits per heavy atom. The average Bonchev–Trinajstić information content (AvgIpc) is 2.10. The molecule has 0 rings (SSSR count). The van der Waals surface area contributed by atoms with Gasteiger partial charge in [-0.15, -0.1) is 0 Å². The molecule has 0 aromatic rings. The van der Waals surface area contributed by atoms with E-state index >= 15 is 0 Å². The Kier molecular flexibility index (Phi) is 5.54. The van der Waals surface area contributed by atoms with Crippen molar-refractivity contribution in [1.29, 1.82) is 5.26 Å². The second-order valence-corrected chi connectivity index (χ2v) is 2.49. The van der Waals surface area contributed by atoms with Gasteiger partial charge in [0.2, 0.25) is 0 Å². The maximum atomic E-state index is 10.5. The predicted molar refractivity (Wildman–Crippen MR) is 47.8 cm³/mol. The molecule has 0 bridgehead atoms. The van der Waals surface area contributed by atoms with Gasteiger partial charge in [-0.05, 0) is 6.42 Å². The summed E-state index contributed by atoms with van der Waals surface area (Å²) >= 11 is 0. The number of nitrogens with zero attached hydrogens (tertiary/aromatic N) is 1. The standard InChI is InChI=1S/C8H11N3O3/c9-4-6(8(10)14)5-11-3-1-2-7(12)13/h5,11H,1-3H2,(H2,10,14)(H,12,13). The maximum absolute atomic E-state index is 10.5. The Balaban J connectivity index is 3.76. The first-order chi connectivity index (χ1) is 6.57. The van der Waals surface area contributed by atoms with Gasteiger partial charge in [0.05, 0.1) is 0 Å². The van der Waals surface area contributed by atoms with Gasteiger partial charge in [0.25, 0.3) is 5.91 Å². The first kappa shape index (κ1) is 12.0. The van der Waals surface area contributed by atoms with Gasteiger partial charge in [-0.25, -0.2) is 0 Å². The highest BCUT2D eigenvalue weighted by molar-refractivity contribution is 5.95. The number of primary amides is 1. The zero-order valence-electron chi connectivity index (χ0n) is 7.49. The molecule has 0 unspecified atom stereocenters. The first-order valence-electron chi connectivity index (χ1n) is 3.93. The number of nitriles is 1. The van der Waals surface area contributed by atoms with Crippen molar-refractivity contribution in [2.75, 3.05) is 6.54 Å². The number of carbonyl (C=O) groups excluding carboxylic acids is 1. The van der Waals surface area contributed by atoms with Gasteiger partial charge in [-0.3, -0.25) is 9.59 Å².